The van der Waals surface area contributed by atoms with Gasteiger partial charge in [-0.1, -0.05) is 43.2 Å². The van der Waals surface area contributed by atoms with Crippen molar-refractivity contribution < 1.29 is 18.7 Å². The van der Waals surface area contributed by atoms with Crippen LogP contribution in [0.1, 0.15) is 50.5 Å². The Bertz CT molecular complexity index is 1400. The summed E-state index contributed by atoms with van der Waals surface area (Å²) in [6.45, 7) is 2.69. The van der Waals surface area contributed by atoms with E-state index in [9.17, 15) is 9.59 Å². The molecule has 3 fully saturated rings. The van der Waals surface area contributed by atoms with Crippen molar-refractivity contribution in [1.29, 1.82) is 0 Å². The van der Waals surface area contributed by atoms with Crippen LogP contribution in [0.2, 0.25) is 0 Å². The van der Waals surface area contributed by atoms with Crippen LogP contribution >= 0.6 is 0 Å². The van der Waals surface area contributed by atoms with Gasteiger partial charge in [0.1, 0.15) is 23.1 Å². The first kappa shape index (κ1) is 23.7. The lowest BCUT2D eigenvalue weighted by atomic mass is 9.97. The summed E-state index contributed by atoms with van der Waals surface area (Å²) in [5.74, 6) is 1.29. The number of ether oxygens (including phenoxy) is 1. The zero-order valence-electron chi connectivity index (χ0n) is 21.6. The monoisotopic (exact) mass is 511 g/mol. The molecule has 2 aromatic carbocycles. The van der Waals surface area contributed by atoms with Gasteiger partial charge >= 0.3 is 0 Å². The summed E-state index contributed by atoms with van der Waals surface area (Å²) in [7, 11) is 0. The second kappa shape index (κ2) is 9.38. The number of hydrogen-bond acceptors (Lipinski definition) is 5. The quantitative estimate of drug-likeness (QED) is 0.482. The van der Waals surface area contributed by atoms with Crippen LogP contribution in [-0.4, -0.2) is 65.3 Å². The number of furan rings is 1. The number of likely N-dealkylation sites (tertiary alicyclic amines) is 1. The zero-order valence-corrected chi connectivity index (χ0v) is 21.6. The van der Waals surface area contributed by atoms with Crippen molar-refractivity contribution in [3.05, 3.63) is 60.4 Å². The number of nitrogens with zero attached hydrogens (tertiary/aromatic N) is 3. The molecule has 38 heavy (non-hydrogen) atoms. The molecule has 4 aliphatic rings. The van der Waals surface area contributed by atoms with Gasteiger partial charge in [0.05, 0.1) is 6.26 Å². The fraction of sp³-hybridized carbons (Fsp3) is 0.452. The van der Waals surface area contributed by atoms with E-state index in [0.29, 0.717) is 19.7 Å². The average Bonchev–Trinajstić information content (AvgIpc) is 3.78. The number of carbonyl (C=O) groups excluding carboxylic acids is 2. The van der Waals surface area contributed by atoms with E-state index in [4.69, 9.17) is 14.1 Å². The molecule has 1 spiro atoms. The molecule has 2 saturated heterocycles. The molecule has 7 nitrogen and oxygen atoms in total. The van der Waals surface area contributed by atoms with Gasteiger partial charge in [-0.25, -0.2) is 0 Å². The molecule has 0 radical (unpaired) electrons. The van der Waals surface area contributed by atoms with E-state index in [1.54, 1.807) is 6.26 Å². The third-order valence-electron chi connectivity index (χ3n) is 8.82. The van der Waals surface area contributed by atoms with E-state index in [2.05, 4.69) is 36.4 Å². The van der Waals surface area contributed by atoms with Gasteiger partial charge < -0.3 is 14.1 Å². The topological polar surface area (TPSA) is 75.3 Å². The fourth-order valence-electron chi connectivity index (χ4n) is 6.71. The molecule has 196 valence electrons. The van der Waals surface area contributed by atoms with E-state index < -0.39 is 5.54 Å². The first-order valence-electron chi connectivity index (χ1n) is 14.0. The van der Waals surface area contributed by atoms with Crippen molar-refractivity contribution in [3.63, 3.8) is 0 Å². The average molecular weight is 512 g/mol. The second-order valence-corrected chi connectivity index (χ2v) is 11.3. The second-order valence-electron chi connectivity index (χ2n) is 11.3. The predicted molar refractivity (Wildman–Crippen MR) is 145 cm³/mol. The summed E-state index contributed by atoms with van der Waals surface area (Å²) in [6, 6.07) is 16.6. The highest BCUT2D eigenvalue weighted by Gasteiger charge is 2.50. The lowest BCUT2D eigenvalue weighted by molar-refractivity contribution is -0.139. The minimum Gasteiger partial charge on any atom is -0.464 e. The van der Waals surface area contributed by atoms with Crippen LogP contribution in [0, 0.1) is 5.92 Å². The molecule has 0 N–H and O–H groups in total. The van der Waals surface area contributed by atoms with Crippen molar-refractivity contribution in [1.82, 2.24) is 9.80 Å². The van der Waals surface area contributed by atoms with Crippen molar-refractivity contribution in [2.75, 3.05) is 26.2 Å². The van der Waals surface area contributed by atoms with Crippen LogP contribution in [0.4, 0.5) is 0 Å². The van der Waals surface area contributed by atoms with Crippen LogP contribution in [0.15, 0.2) is 64.2 Å². The smallest absolute Gasteiger partial charge is 0.256 e. The van der Waals surface area contributed by atoms with E-state index in [-0.39, 0.29) is 23.8 Å². The molecule has 4 heterocycles. The maximum absolute atomic E-state index is 13.8. The first-order valence-corrected chi connectivity index (χ1v) is 14.0. The number of rotatable bonds is 5. The highest BCUT2D eigenvalue weighted by molar-refractivity contribution is 6.15. The highest BCUT2D eigenvalue weighted by Crippen LogP contribution is 2.41. The Morgan fingerprint density at radius 1 is 0.974 bits per heavy atom. The number of carbonyl (C=O) groups is 2. The Balaban J connectivity index is 1.12. The Morgan fingerprint density at radius 3 is 2.55 bits per heavy atom. The van der Waals surface area contributed by atoms with Crippen LogP contribution in [0.5, 0.6) is 0 Å². The molecule has 3 aliphatic heterocycles. The molecular weight excluding hydrogens is 478 g/mol. The molecular formula is C31H33N3O4. The van der Waals surface area contributed by atoms with Gasteiger partial charge in [0, 0.05) is 37.2 Å². The minimum atomic E-state index is -0.605. The summed E-state index contributed by atoms with van der Waals surface area (Å²) < 4.78 is 11.1. The summed E-state index contributed by atoms with van der Waals surface area (Å²) in [6.07, 6.45) is 7.82. The number of fused-ring (bicyclic) bond motifs is 1. The molecule has 2 atom stereocenters. The molecule has 3 aromatic rings. The van der Waals surface area contributed by atoms with Crippen LogP contribution in [0.25, 0.3) is 22.1 Å². The van der Waals surface area contributed by atoms with Gasteiger partial charge in [-0.05, 0) is 67.3 Å². The number of benzene rings is 2. The first-order chi connectivity index (χ1) is 18.6. The summed E-state index contributed by atoms with van der Waals surface area (Å²) in [5, 5.41) is 1.08. The zero-order chi connectivity index (χ0) is 25.7. The third-order valence-corrected chi connectivity index (χ3v) is 8.82. The molecule has 1 saturated carbocycles. The standard InChI is InChI=1S/C31H33N3O4/c35-29(27-4-3-16-37-27)33-15-11-21(19-33)20-34-28(32-31(30(34)36)13-1-2-14-31)23-7-5-22(6-8-23)24-9-10-26-25(18-24)12-17-38-26/h5-10,12,17-18,21,27H,1-4,11,13-16,19-20H2/t21-,27-/m1/s1. The Hall–Kier alpha value is -3.45. The molecule has 0 unspecified atom stereocenters. The van der Waals surface area contributed by atoms with Crippen molar-refractivity contribution >= 4 is 28.6 Å². The molecule has 0 bridgehead atoms. The fourth-order valence-corrected chi connectivity index (χ4v) is 6.71. The lowest BCUT2D eigenvalue weighted by Crippen LogP contribution is -2.44. The highest BCUT2D eigenvalue weighted by atomic mass is 16.5. The number of amides is 2. The summed E-state index contributed by atoms with van der Waals surface area (Å²) >= 11 is 0. The van der Waals surface area contributed by atoms with E-state index in [0.717, 1.165) is 85.0 Å². The van der Waals surface area contributed by atoms with E-state index >= 15 is 0 Å². The van der Waals surface area contributed by atoms with Gasteiger partial charge in [0.2, 0.25) is 0 Å². The molecule has 1 aliphatic carbocycles. The SMILES string of the molecule is O=C([C@H]1CCCO1)N1CC[C@@H](CN2C(=O)C3(CCCC3)N=C2c2ccc(-c3ccc4occc4c3)cc2)C1. The summed E-state index contributed by atoms with van der Waals surface area (Å²) in [4.78, 5) is 35.7. The van der Waals surface area contributed by atoms with Gasteiger partial charge in [-0.2, -0.15) is 0 Å². The Morgan fingerprint density at radius 2 is 1.76 bits per heavy atom. The maximum Gasteiger partial charge on any atom is 0.256 e. The summed E-state index contributed by atoms with van der Waals surface area (Å²) in [5.41, 5.74) is 3.49. The van der Waals surface area contributed by atoms with Gasteiger partial charge in [-0.15, -0.1) is 0 Å². The van der Waals surface area contributed by atoms with E-state index in [1.165, 1.54) is 0 Å². The number of amidine groups is 1. The Labute approximate surface area is 222 Å². The predicted octanol–water partition coefficient (Wildman–Crippen LogP) is 5.03. The number of aliphatic imine (C=N–C) groups is 1. The van der Waals surface area contributed by atoms with Crippen LogP contribution in [-0.2, 0) is 14.3 Å². The minimum absolute atomic E-state index is 0.114. The normalized spacial score (nSPS) is 24.7. The van der Waals surface area contributed by atoms with Gasteiger partial charge in [0.15, 0.2) is 0 Å². The molecule has 7 heteroatoms. The van der Waals surface area contributed by atoms with Crippen LogP contribution in [0.3, 0.4) is 0 Å². The molecule has 7 rings (SSSR count). The van der Waals surface area contributed by atoms with Crippen molar-refractivity contribution in [2.24, 2.45) is 10.9 Å². The lowest BCUT2D eigenvalue weighted by Gasteiger charge is -2.26. The van der Waals surface area contributed by atoms with Gasteiger partial charge in [-0.3, -0.25) is 19.5 Å². The molecule has 1 aromatic heterocycles. The third kappa shape index (κ3) is 4.04. The maximum atomic E-state index is 13.8. The number of hydrogen-bond donors (Lipinski definition) is 0. The van der Waals surface area contributed by atoms with E-state index in [1.807, 2.05) is 21.9 Å². The Kier molecular flexibility index (Phi) is 5.84. The van der Waals surface area contributed by atoms with Gasteiger partial charge in [0.25, 0.3) is 11.8 Å². The van der Waals surface area contributed by atoms with Crippen LogP contribution < -0.4 is 0 Å². The largest absolute Gasteiger partial charge is 0.464 e. The van der Waals surface area contributed by atoms with Crippen molar-refractivity contribution in [3.8, 4) is 11.1 Å². The van der Waals surface area contributed by atoms with Crippen molar-refractivity contribution in [2.45, 2.75) is 56.6 Å². The molecule has 2 amide bonds.